The molecule has 65 heavy (non-hydrogen) atoms. The van der Waals surface area contributed by atoms with Gasteiger partial charge < -0.3 is 33.7 Å². The highest BCUT2D eigenvalue weighted by molar-refractivity contribution is 7.19. The molecule has 0 radical (unpaired) electrons. The van der Waals surface area contributed by atoms with Crippen LogP contribution in [0.4, 0.5) is 0 Å². The number of methoxy groups -OCH3 is 1. The second kappa shape index (κ2) is 19.7. The summed E-state index contributed by atoms with van der Waals surface area (Å²) in [6.45, 7) is 8.37. The van der Waals surface area contributed by atoms with Crippen molar-refractivity contribution >= 4 is 50.7 Å². The Morgan fingerprint density at radius 1 is 0.923 bits per heavy atom. The van der Waals surface area contributed by atoms with Crippen molar-refractivity contribution in [1.82, 2.24) is 29.7 Å². The van der Waals surface area contributed by atoms with Crippen LogP contribution < -0.4 is 23.7 Å². The molecule has 2 atom stereocenters. The number of carboxylic acid groups (broad SMARTS) is 1. The van der Waals surface area contributed by atoms with Gasteiger partial charge in [-0.2, -0.15) is 0 Å². The van der Waals surface area contributed by atoms with Crippen molar-refractivity contribution in [1.29, 1.82) is 0 Å². The quantitative estimate of drug-likeness (QED) is 0.147. The third-order valence-corrected chi connectivity index (χ3v) is 14.9. The van der Waals surface area contributed by atoms with E-state index in [0.717, 1.165) is 84.6 Å². The van der Waals surface area contributed by atoms with E-state index in [9.17, 15) is 9.90 Å². The van der Waals surface area contributed by atoms with Crippen molar-refractivity contribution in [3.05, 3.63) is 98.4 Å². The zero-order chi connectivity index (χ0) is 45.2. The Hall–Kier alpha value is -5.25. The molecule has 13 nitrogen and oxygen atoms in total. The summed E-state index contributed by atoms with van der Waals surface area (Å²) in [6.07, 6.45) is 6.62. The molecule has 0 spiro atoms. The maximum Gasteiger partial charge on any atom is 0.345 e. The molecule has 1 saturated carbocycles. The first-order valence-corrected chi connectivity index (χ1v) is 23.7. The predicted molar refractivity (Wildman–Crippen MR) is 253 cm³/mol. The number of fused-ring (bicyclic) bond motifs is 7. The molecule has 1 saturated heterocycles. The van der Waals surface area contributed by atoms with Crippen LogP contribution in [-0.4, -0.2) is 107 Å². The summed E-state index contributed by atoms with van der Waals surface area (Å²) in [7, 11) is 3.73. The molecular formula is C49H52Cl2N6O7S. The fourth-order valence-corrected chi connectivity index (χ4v) is 11.0. The number of halogens is 2. The summed E-state index contributed by atoms with van der Waals surface area (Å²) >= 11 is 16.4. The van der Waals surface area contributed by atoms with Gasteiger partial charge in [-0.3, -0.25) is 4.90 Å². The van der Waals surface area contributed by atoms with Crippen molar-refractivity contribution in [3.8, 4) is 51.4 Å². The minimum Gasteiger partial charge on any atom is -0.496 e. The van der Waals surface area contributed by atoms with E-state index in [1.54, 1.807) is 48.9 Å². The molecule has 3 aromatic heterocycles. The predicted octanol–water partition coefficient (Wildman–Crippen LogP) is 9.84. The number of aliphatic carboxylic acids is 1. The van der Waals surface area contributed by atoms with E-state index in [-0.39, 0.29) is 31.4 Å². The molecule has 0 amide bonds. The number of aromatic nitrogens is 4. The van der Waals surface area contributed by atoms with Crippen LogP contribution in [0.5, 0.6) is 28.9 Å². The lowest BCUT2D eigenvalue weighted by Gasteiger charge is -2.35. The first-order chi connectivity index (χ1) is 31.6. The first-order valence-electron chi connectivity index (χ1n) is 22.1. The Kier molecular flexibility index (Phi) is 13.6. The minimum atomic E-state index is -1.38. The highest BCUT2D eigenvalue weighted by Gasteiger charge is 2.34. The lowest BCUT2D eigenvalue weighted by molar-refractivity contribution is -0.145. The summed E-state index contributed by atoms with van der Waals surface area (Å²) in [5, 5.41) is 12.4. The number of likely N-dealkylation sites (N-methyl/N-ethyl adjacent to an activating group) is 1. The topological polar surface area (TPSA) is 141 Å². The molecule has 340 valence electrons. The van der Waals surface area contributed by atoms with Crippen molar-refractivity contribution in [2.45, 2.75) is 77.1 Å². The second-order valence-corrected chi connectivity index (χ2v) is 18.8. The van der Waals surface area contributed by atoms with Crippen LogP contribution in [0.2, 0.25) is 10.0 Å². The normalized spacial score (nSPS) is 18.7. The Morgan fingerprint density at radius 2 is 1.69 bits per heavy atom. The molecule has 3 aliphatic heterocycles. The molecule has 4 bridgehead atoms. The molecule has 16 heteroatoms. The van der Waals surface area contributed by atoms with E-state index >= 15 is 0 Å². The molecule has 1 N–H and O–H groups in total. The Bertz CT molecular complexity index is 2680. The van der Waals surface area contributed by atoms with Crippen LogP contribution in [0.25, 0.3) is 32.7 Å². The number of hydrogen-bond donors (Lipinski definition) is 1. The third kappa shape index (κ3) is 9.55. The highest BCUT2D eigenvalue weighted by Crippen LogP contribution is 2.53. The Balaban J connectivity index is 1.15. The first kappa shape index (κ1) is 44.9. The molecule has 1 aliphatic carbocycles. The van der Waals surface area contributed by atoms with Gasteiger partial charge in [0.25, 0.3) is 0 Å². The number of rotatable bonds is 9. The number of thiophene rings is 1. The van der Waals surface area contributed by atoms with Gasteiger partial charge in [0.2, 0.25) is 12.0 Å². The number of carboxylic acids is 1. The van der Waals surface area contributed by atoms with Gasteiger partial charge in [-0.15, -0.1) is 11.3 Å². The maximum absolute atomic E-state index is 13.4. The van der Waals surface area contributed by atoms with Gasteiger partial charge in [0.05, 0.1) is 33.8 Å². The van der Waals surface area contributed by atoms with Crippen LogP contribution in [0.15, 0.2) is 61.1 Å². The fourth-order valence-electron chi connectivity index (χ4n) is 9.18. The van der Waals surface area contributed by atoms with Gasteiger partial charge in [0.15, 0.2) is 11.6 Å². The Morgan fingerprint density at radius 3 is 2.45 bits per heavy atom. The number of benzene rings is 3. The van der Waals surface area contributed by atoms with Crippen molar-refractivity contribution < 1.29 is 33.6 Å². The number of ether oxygens (including phenoxy) is 5. The van der Waals surface area contributed by atoms with Gasteiger partial charge in [0, 0.05) is 61.3 Å². The summed E-state index contributed by atoms with van der Waals surface area (Å²) < 4.78 is 32.0. The van der Waals surface area contributed by atoms with Crippen LogP contribution in [0, 0.1) is 13.8 Å². The number of carbonyl (C=O) groups is 1. The summed E-state index contributed by atoms with van der Waals surface area (Å²) in [4.78, 5) is 38.5. The molecule has 3 aromatic carbocycles. The monoisotopic (exact) mass is 938 g/mol. The summed E-state index contributed by atoms with van der Waals surface area (Å²) in [5.41, 5.74) is 5.23. The van der Waals surface area contributed by atoms with Crippen LogP contribution in [0.1, 0.15) is 65.3 Å². The van der Waals surface area contributed by atoms with E-state index < -0.39 is 18.2 Å². The van der Waals surface area contributed by atoms with Gasteiger partial charge in [-0.05, 0) is 92.7 Å². The van der Waals surface area contributed by atoms with Crippen molar-refractivity contribution in [2.75, 3.05) is 53.5 Å². The largest absolute Gasteiger partial charge is 0.496 e. The average Bonchev–Trinajstić information content (AvgIpc) is 3.71. The zero-order valence-electron chi connectivity index (χ0n) is 36.9. The third-order valence-electron chi connectivity index (χ3n) is 12.7. The number of para-hydroxylation sites is 1. The molecular weight excluding hydrogens is 888 g/mol. The highest BCUT2D eigenvalue weighted by atomic mass is 35.5. The fraction of sp³-hybridized carbons (Fsp3) is 0.408. The number of hydrogen-bond acceptors (Lipinski definition) is 13. The van der Waals surface area contributed by atoms with E-state index in [0.29, 0.717) is 66.9 Å². The van der Waals surface area contributed by atoms with Crippen LogP contribution in [-0.2, 0) is 17.8 Å². The molecule has 10 rings (SSSR count). The second-order valence-electron chi connectivity index (χ2n) is 17.1. The van der Waals surface area contributed by atoms with Crippen LogP contribution in [0.3, 0.4) is 0 Å². The van der Waals surface area contributed by atoms with E-state index in [1.165, 1.54) is 12.7 Å². The van der Waals surface area contributed by atoms with E-state index in [4.69, 9.17) is 56.9 Å². The van der Waals surface area contributed by atoms with Crippen LogP contribution >= 0.6 is 34.5 Å². The minimum absolute atomic E-state index is 0.0730. The molecule has 2 fully saturated rings. The maximum atomic E-state index is 13.4. The Labute approximate surface area is 392 Å². The molecule has 6 aromatic rings. The smallest absolute Gasteiger partial charge is 0.345 e. The standard InChI is InChI=1S/C49H52Cl2N6O7S/c1-28-39-29(2)43(51)44(42(28)50)63-34(24-57-20-18-56(3)19-21-57)26-61-33-14-15-36(62-25-32-16-17-52-46(55-32)35-12-8-9-13-37(35)60-4)31(22-33)23-38(49(58)59)64-47-41-40(39)45(30-10-6-5-7-11-30)65-48(41)54-27-53-47/h8-9,12-17,22,27,30,34,38H,5-7,10-11,18-21,23-26H2,1-4H3,(H,58,59)/t34-,38-/m1/s1. The SMILES string of the molecule is COc1ccccc1-c1nccc(COc2ccc3cc2C[C@H](C(=O)O)Oc2ncnc4sc(C5CCCCC5)c(c24)-c2c(C)c(Cl)c(c(Cl)c2C)O[C@H](CN2CCN(C)CC2)CO3)n1. The number of nitrogens with zero attached hydrogens (tertiary/aromatic N) is 6. The van der Waals surface area contributed by atoms with E-state index in [1.807, 2.05) is 38.1 Å². The van der Waals surface area contributed by atoms with Crippen molar-refractivity contribution in [3.63, 3.8) is 0 Å². The van der Waals surface area contributed by atoms with Gasteiger partial charge in [0.1, 0.15) is 47.7 Å². The van der Waals surface area contributed by atoms with Crippen molar-refractivity contribution in [2.24, 2.45) is 0 Å². The van der Waals surface area contributed by atoms with Gasteiger partial charge in [-0.25, -0.2) is 24.7 Å². The average molecular weight is 940 g/mol. The molecule has 0 unspecified atom stereocenters. The molecule has 4 aliphatic rings. The lowest BCUT2D eigenvalue weighted by Crippen LogP contribution is -2.49. The lowest BCUT2D eigenvalue weighted by atomic mass is 9.83. The number of piperazine rings is 1. The molecule has 6 heterocycles. The van der Waals surface area contributed by atoms with E-state index in [2.05, 4.69) is 26.8 Å². The van der Waals surface area contributed by atoms with Gasteiger partial charge >= 0.3 is 5.97 Å². The summed E-state index contributed by atoms with van der Waals surface area (Å²) in [5.74, 6) is 1.73. The summed E-state index contributed by atoms with van der Waals surface area (Å²) in [6, 6.07) is 14.7. The van der Waals surface area contributed by atoms with Gasteiger partial charge in [-0.1, -0.05) is 54.6 Å². The zero-order valence-corrected chi connectivity index (χ0v) is 39.3.